The van der Waals surface area contributed by atoms with Crippen LogP contribution in [-0.2, 0) is 9.47 Å². The van der Waals surface area contributed by atoms with Crippen LogP contribution in [0.2, 0.25) is 0 Å². The van der Waals surface area contributed by atoms with Gasteiger partial charge < -0.3 is 9.47 Å². The quantitative estimate of drug-likeness (QED) is 0.117. The number of hydrogen-bond donors (Lipinski definition) is 0. The second-order valence-electron chi connectivity index (χ2n) is 8.21. The highest BCUT2D eigenvalue weighted by Crippen LogP contribution is 2.14. The van der Waals surface area contributed by atoms with Crippen molar-refractivity contribution in [2.24, 2.45) is 0 Å². The minimum Gasteiger partial charge on any atom is -0.462 e. The molecular formula is C28H42O4. The lowest BCUT2D eigenvalue weighted by Crippen LogP contribution is -2.15. The highest BCUT2D eigenvalue weighted by molar-refractivity contribution is 6.03. The number of hydrogen-bond acceptors (Lipinski definition) is 4. The third-order valence-corrected chi connectivity index (χ3v) is 5.44. The van der Waals surface area contributed by atoms with Crippen LogP contribution in [0.15, 0.2) is 49.6 Å². The lowest BCUT2D eigenvalue weighted by molar-refractivity contribution is 0.0450. The third kappa shape index (κ3) is 13.1. The second-order valence-corrected chi connectivity index (χ2v) is 8.21. The van der Waals surface area contributed by atoms with E-state index in [4.69, 9.17) is 9.47 Å². The van der Waals surface area contributed by atoms with Crippen molar-refractivity contribution in [3.8, 4) is 0 Å². The Labute approximate surface area is 195 Å². The largest absolute Gasteiger partial charge is 0.462 e. The van der Waals surface area contributed by atoms with E-state index < -0.39 is 11.9 Å². The number of rotatable bonds is 20. The second kappa shape index (κ2) is 19.3. The average molecular weight is 443 g/mol. The lowest BCUT2D eigenvalue weighted by Gasteiger charge is -2.10. The molecule has 0 aliphatic heterocycles. The molecule has 4 heteroatoms. The normalized spacial score (nSPS) is 10.5. The van der Waals surface area contributed by atoms with Crippen molar-refractivity contribution in [3.63, 3.8) is 0 Å². The molecule has 4 nitrogen and oxygen atoms in total. The van der Waals surface area contributed by atoms with Crippen LogP contribution in [0.25, 0.3) is 0 Å². The van der Waals surface area contributed by atoms with Crippen LogP contribution in [0, 0.1) is 0 Å². The molecule has 0 saturated carbocycles. The van der Waals surface area contributed by atoms with E-state index >= 15 is 0 Å². The van der Waals surface area contributed by atoms with E-state index in [-0.39, 0.29) is 11.1 Å². The van der Waals surface area contributed by atoms with Crippen LogP contribution in [0.4, 0.5) is 0 Å². The molecule has 0 aliphatic carbocycles. The lowest BCUT2D eigenvalue weighted by atomic mass is 10.1. The van der Waals surface area contributed by atoms with Gasteiger partial charge in [-0.1, -0.05) is 75.7 Å². The highest BCUT2D eigenvalue weighted by Gasteiger charge is 2.18. The maximum absolute atomic E-state index is 12.5. The van der Waals surface area contributed by atoms with Gasteiger partial charge in [-0.15, -0.1) is 13.2 Å². The summed E-state index contributed by atoms with van der Waals surface area (Å²) < 4.78 is 10.8. The fourth-order valence-electron chi connectivity index (χ4n) is 3.52. The highest BCUT2D eigenvalue weighted by atomic mass is 16.5. The van der Waals surface area contributed by atoms with Crippen LogP contribution in [0.1, 0.15) is 111 Å². The number of esters is 2. The van der Waals surface area contributed by atoms with Crippen molar-refractivity contribution in [1.29, 1.82) is 0 Å². The number of ether oxygens (including phenoxy) is 2. The number of allylic oxidation sites excluding steroid dienone is 2. The molecule has 0 spiro atoms. The van der Waals surface area contributed by atoms with E-state index in [1.54, 1.807) is 24.3 Å². The molecule has 0 unspecified atom stereocenters. The Morgan fingerprint density at radius 3 is 1.31 bits per heavy atom. The van der Waals surface area contributed by atoms with Gasteiger partial charge in [0.25, 0.3) is 0 Å². The maximum atomic E-state index is 12.5. The van der Waals surface area contributed by atoms with Gasteiger partial charge in [0, 0.05) is 0 Å². The molecule has 32 heavy (non-hydrogen) atoms. The van der Waals surface area contributed by atoms with E-state index in [0.29, 0.717) is 13.2 Å². The minimum atomic E-state index is -0.456. The molecular weight excluding hydrogens is 400 g/mol. The fourth-order valence-corrected chi connectivity index (χ4v) is 3.52. The Bertz CT molecular complexity index is 608. The van der Waals surface area contributed by atoms with Gasteiger partial charge in [0.2, 0.25) is 0 Å². The topological polar surface area (TPSA) is 52.6 Å². The molecule has 0 aliphatic rings. The molecule has 178 valence electrons. The predicted octanol–water partition coefficient (Wildman–Crippen LogP) is 7.83. The van der Waals surface area contributed by atoms with Crippen LogP contribution in [0.3, 0.4) is 0 Å². The van der Waals surface area contributed by atoms with Crippen LogP contribution >= 0.6 is 0 Å². The van der Waals surface area contributed by atoms with Gasteiger partial charge in [0.15, 0.2) is 0 Å². The van der Waals surface area contributed by atoms with Crippen molar-refractivity contribution in [3.05, 3.63) is 60.7 Å². The minimum absolute atomic E-state index is 0.282. The zero-order chi connectivity index (χ0) is 23.3. The van der Waals surface area contributed by atoms with Gasteiger partial charge >= 0.3 is 11.9 Å². The molecule has 0 saturated heterocycles. The van der Waals surface area contributed by atoms with Gasteiger partial charge in [-0.25, -0.2) is 9.59 Å². The molecule has 0 radical (unpaired) electrons. The number of carbonyl (C=O) groups excluding carboxylic acids is 2. The summed E-state index contributed by atoms with van der Waals surface area (Å²) >= 11 is 0. The Morgan fingerprint density at radius 2 is 0.938 bits per heavy atom. The summed E-state index contributed by atoms with van der Waals surface area (Å²) in [7, 11) is 0. The van der Waals surface area contributed by atoms with Crippen molar-refractivity contribution >= 4 is 11.9 Å². The molecule has 0 atom stereocenters. The first-order valence-corrected chi connectivity index (χ1v) is 12.4. The van der Waals surface area contributed by atoms with Gasteiger partial charge in [-0.3, -0.25) is 0 Å². The summed E-state index contributed by atoms with van der Waals surface area (Å²) in [6.45, 7) is 8.22. The number of benzene rings is 1. The zero-order valence-electron chi connectivity index (χ0n) is 19.8. The van der Waals surface area contributed by atoms with E-state index in [1.807, 2.05) is 12.2 Å². The van der Waals surface area contributed by atoms with Crippen molar-refractivity contribution in [2.45, 2.75) is 89.9 Å². The van der Waals surface area contributed by atoms with Crippen molar-refractivity contribution in [2.75, 3.05) is 13.2 Å². The Morgan fingerprint density at radius 1 is 0.594 bits per heavy atom. The molecule has 1 aromatic rings. The SMILES string of the molecule is C=CCCCCCCCCOC(=O)c1ccccc1C(=O)OCCCCCCCCC=C. The molecule has 0 bridgehead atoms. The molecule has 0 aromatic heterocycles. The first-order chi connectivity index (χ1) is 15.7. The van der Waals surface area contributed by atoms with Crippen LogP contribution < -0.4 is 0 Å². The number of unbranched alkanes of at least 4 members (excludes halogenated alkanes) is 12. The predicted molar refractivity (Wildman–Crippen MR) is 132 cm³/mol. The van der Waals surface area contributed by atoms with Crippen LogP contribution in [-0.4, -0.2) is 25.2 Å². The summed E-state index contributed by atoms with van der Waals surface area (Å²) in [6, 6.07) is 6.73. The standard InChI is InChI=1S/C28H42O4/c1-3-5-7-9-11-13-15-19-23-31-27(29)25-21-17-18-22-26(25)28(30)32-24-20-16-14-12-10-8-6-4-2/h3-4,17-18,21-22H,1-2,5-16,19-20,23-24H2. The maximum Gasteiger partial charge on any atom is 0.339 e. The summed E-state index contributed by atoms with van der Waals surface area (Å²) in [5.41, 5.74) is 0.563. The molecule has 0 amide bonds. The van der Waals surface area contributed by atoms with Crippen LogP contribution in [0.5, 0.6) is 0 Å². The Hall–Kier alpha value is -2.36. The third-order valence-electron chi connectivity index (χ3n) is 5.44. The fraction of sp³-hybridized carbons (Fsp3) is 0.571. The van der Waals surface area contributed by atoms with Crippen molar-refractivity contribution in [1.82, 2.24) is 0 Å². The monoisotopic (exact) mass is 442 g/mol. The van der Waals surface area contributed by atoms with E-state index in [9.17, 15) is 9.59 Å². The van der Waals surface area contributed by atoms with E-state index in [2.05, 4.69) is 13.2 Å². The summed E-state index contributed by atoms with van der Waals surface area (Å²) in [5, 5.41) is 0. The van der Waals surface area contributed by atoms with E-state index in [1.165, 1.54) is 38.5 Å². The zero-order valence-corrected chi connectivity index (χ0v) is 19.8. The first kappa shape index (κ1) is 27.7. The molecule has 0 heterocycles. The van der Waals surface area contributed by atoms with E-state index in [0.717, 1.165) is 51.4 Å². The summed E-state index contributed by atoms with van der Waals surface area (Å²) in [5.74, 6) is -0.911. The molecule has 1 aromatic carbocycles. The number of carbonyl (C=O) groups is 2. The van der Waals surface area contributed by atoms with Crippen molar-refractivity contribution < 1.29 is 19.1 Å². The Balaban J connectivity index is 2.25. The average Bonchev–Trinajstić information content (AvgIpc) is 2.81. The molecule has 0 N–H and O–H groups in total. The summed E-state index contributed by atoms with van der Waals surface area (Å²) in [4.78, 5) is 24.9. The summed E-state index contributed by atoms with van der Waals surface area (Å²) in [6.07, 6.45) is 19.4. The molecule has 1 rings (SSSR count). The molecule has 0 fully saturated rings. The van der Waals surface area contributed by atoms with Gasteiger partial charge in [-0.05, 0) is 50.7 Å². The van der Waals surface area contributed by atoms with Gasteiger partial charge in [-0.2, -0.15) is 0 Å². The van der Waals surface area contributed by atoms with Gasteiger partial charge in [0.1, 0.15) is 0 Å². The Kier molecular flexibility index (Phi) is 16.7. The van der Waals surface area contributed by atoms with Gasteiger partial charge in [0.05, 0.1) is 24.3 Å². The first-order valence-electron chi connectivity index (χ1n) is 12.4. The smallest absolute Gasteiger partial charge is 0.339 e.